The molecule has 0 amide bonds. The lowest BCUT2D eigenvalue weighted by Crippen LogP contribution is -2.43. The Morgan fingerprint density at radius 3 is 2.73 bits per heavy atom. The first-order chi connectivity index (χ1) is 7.29. The van der Waals surface area contributed by atoms with Gasteiger partial charge in [-0.2, -0.15) is 0 Å². The largest absolute Gasteiger partial charge is 0.316 e. The van der Waals surface area contributed by atoms with E-state index in [2.05, 4.69) is 38.3 Å². The molecular weight excluding hydrogens is 181 g/mol. The van der Waals surface area contributed by atoms with Gasteiger partial charge in [-0.05, 0) is 55.5 Å². The topological polar surface area (TPSA) is 12.0 Å². The molecule has 1 heterocycles. The van der Waals surface area contributed by atoms with Crippen molar-refractivity contribution in [3.63, 3.8) is 0 Å². The third-order valence-corrected chi connectivity index (χ3v) is 3.32. The molecule has 0 spiro atoms. The Bertz CT molecular complexity index is 331. The Balaban J connectivity index is 2.04. The van der Waals surface area contributed by atoms with E-state index in [0.29, 0.717) is 0 Å². The van der Waals surface area contributed by atoms with Crippen molar-refractivity contribution in [2.45, 2.75) is 26.1 Å². The summed E-state index contributed by atoms with van der Waals surface area (Å²) in [6.07, 6.45) is 3.71. The summed E-state index contributed by atoms with van der Waals surface area (Å²) in [6, 6.07) is 7.00. The average molecular weight is 201 g/mol. The fraction of sp³-hybridized carbons (Fsp3) is 0.538. The molecule has 15 heavy (non-hydrogen) atoms. The van der Waals surface area contributed by atoms with Crippen molar-refractivity contribution in [3.8, 4) is 0 Å². The first-order valence-electron chi connectivity index (χ1n) is 6.08. The maximum Gasteiger partial charge on any atom is 0.101 e. The van der Waals surface area contributed by atoms with Crippen LogP contribution < -0.4 is 5.32 Å². The Morgan fingerprint density at radius 1 is 1.40 bits per heavy atom. The molecule has 80 valence electrons. The fourth-order valence-corrected chi connectivity index (χ4v) is 2.23. The molecule has 0 aromatic heterocycles. The standard InChI is InChI=1S/C13H20BN/c1-10-6-11(4-5-14)2-3-13(10)7-12-8-15-9-12/h2-3,6,12,15H,4-5,7-9,14H2,1H3. The van der Waals surface area contributed by atoms with Crippen LogP contribution in [-0.4, -0.2) is 20.9 Å². The summed E-state index contributed by atoms with van der Waals surface area (Å²) < 4.78 is 0. The van der Waals surface area contributed by atoms with E-state index in [9.17, 15) is 0 Å². The average Bonchev–Trinajstić information content (AvgIpc) is 2.14. The van der Waals surface area contributed by atoms with E-state index in [1.54, 1.807) is 5.56 Å². The van der Waals surface area contributed by atoms with Gasteiger partial charge in [0, 0.05) is 0 Å². The van der Waals surface area contributed by atoms with E-state index in [1.807, 2.05) is 0 Å². The maximum absolute atomic E-state index is 3.33. The molecule has 2 rings (SSSR count). The molecule has 1 fully saturated rings. The molecule has 1 saturated heterocycles. The molecule has 0 atom stereocenters. The van der Waals surface area contributed by atoms with E-state index < -0.39 is 0 Å². The van der Waals surface area contributed by atoms with Crippen molar-refractivity contribution in [1.29, 1.82) is 0 Å². The quantitative estimate of drug-likeness (QED) is 0.725. The van der Waals surface area contributed by atoms with Gasteiger partial charge in [-0.15, -0.1) is 0 Å². The number of benzene rings is 1. The van der Waals surface area contributed by atoms with E-state index in [0.717, 1.165) is 5.92 Å². The molecular formula is C13H20BN. The Hall–Kier alpha value is -0.755. The minimum Gasteiger partial charge on any atom is -0.316 e. The van der Waals surface area contributed by atoms with Gasteiger partial charge in [-0.3, -0.25) is 0 Å². The highest BCUT2D eigenvalue weighted by Crippen LogP contribution is 2.18. The van der Waals surface area contributed by atoms with Crippen LogP contribution in [0.15, 0.2) is 18.2 Å². The molecule has 1 aromatic rings. The van der Waals surface area contributed by atoms with Gasteiger partial charge in [0.25, 0.3) is 0 Å². The molecule has 0 radical (unpaired) electrons. The zero-order chi connectivity index (χ0) is 10.7. The van der Waals surface area contributed by atoms with E-state index >= 15 is 0 Å². The summed E-state index contributed by atoms with van der Waals surface area (Å²) in [5.74, 6) is 0.876. The van der Waals surface area contributed by atoms with Gasteiger partial charge in [0.15, 0.2) is 0 Å². The lowest BCUT2D eigenvalue weighted by Gasteiger charge is -2.27. The van der Waals surface area contributed by atoms with Gasteiger partial charge < -0.3 is 5.32 Å². The van der Waals surface area contributed by atoms with Crippen molar-refractivity contribution >= 4 is 7.85 Å². The summed E-state index contributed by atoms with van der Waals surface area (Å²) in [4.78, 5) is 0. The van der Waals surface area contributed by atoms with Gasteiger partial charge in [-0.25, -0.2) is 0 Å². The number of hydrogen-bond donors (Lipinski definition) is 1. The highest BCUT2D eigenvalue weighted by atomic mass is 14.9. The zero-order valence-corrected chi connectivity index (χ0v) is 9.84. The molecule has 0 unspecified atom stereocenters. The van der Waals surface area contributed by atoms with Crippen LogP contribution in [0.2, 0.25) is 6.32 Å². The van der Waals surface area contributed by atoms with Crippen LogP contribution in [0.1, 0.15) is 16.7 Å². The third kappa shape index (κ3) is 2.63. The minimum absolute atomic E-state index is 0.876. The molecule has 0 saturated carbocycles. The molecule has 1 aromatic carbocycles. The van der Waals surface area contributed by atoms with Crippen LogP contribution in [0.4, 0.5) is 0 Å². The summed E-state index contributed by atoms with van der Waals surface area (Å²) in [5.41, 5.74) is 4.51. The molecule has 1 nitrogen and oxygen atoms in total. The summed E-state index contributed by atoms with van der Waals surface area (Å²) in [5, 5.41) is 3.33. The van der Waals surface area contributed by atoms with Crippen molar-refractivity contribution in [2.24, 2.45) is 5.92 Å². The normalized spacial score (nSPS) is 16.3. The second kappa shape index (κ2) is 4.85. The van der Waals surface area contributed by atoms with Crippen LogP contribution in [0.3, 0.4) is 0 Å². The minimum atomic E-state index is 0.876. The SMILES string of the molecule is BCCc1ccc(CC2CNC2)c(C)c1. The molecule has 0 bridgehead atoms. The van der Waals surface area contributed by atoms with Gasteiger partial charge in [-0.1, -0.05) is 24.5 Å². The summed E-state index contributed by atoms with van der Waals surface area (Å²) in [6.45, 7) is 4.66. The highest BCUT2D eigenvalue weighted by molar-refractivity contribution is 6.08. The number of hydrogen-bond acceptors (Lipinski definition) is 1. The number of nitrogens with one attached hydrogen (secondary N) is 1. The number of rotatable bonds is 4. The van der Waals surface area contributed by atoms with Gasteiger partial charge in [0.1, 0.15) is 7.85 Å². The lowest BCUT2D eigenvalue weighted by atomic mass is 9.90. The highest BCUT2D eigenvalue weighted by Gasteiger charge is 2.17. The zero-order valence-electron chi connectivity index (χ0n) is 9.84. The molecule has 1 aliphatic heterocycles. The van der Waals surface area contributed by atoms with Crippen LogP contribution in [0.25, 0.3) is 0 Å². The monoisotopic (exact) mass is 201 g/mol. The molecule has 1 N–H and O–H groups in total. The second-order valence-electron chi connectivity index (χ2n) is 4.74. The lowest BCUT2D eigenvalue weighted by molar-refractivity contribution is 0.346. The Morgan fingerprint density at radius 2 is 2.20 bits per heavy atom. The van der Waals surface area contributed by atoms with Gasteiger partial charge >= 0.3 is 0 Å². The predicted octanol–water partition coefficient (Wildman–Crippen LogP) is 1.35. The van der Waals surface area contributed by atoms with Gasteiger partial charge in [0.2, 0.25) is 0 Å². The maximum atomic E-state index is 3.33. The Labute approximate surface area is 93.7 Å². The predicted molar refractivity (Wildman–Crippen MR) is 68.3 cm³/mol. The van der Waals surface area contributed by atoms with Crippen molar-refractivity contribution < 1.29 is 0 Å². The smallest absolute Gasteiger partial charge is 0.101 e. The van der Waals surface area contributed by atoms with E-state index in [1.165, 1.54) is 43.4 Å². The molecule has 1 aliphatic rings. The fourth-order valence-electron chi connectivity index (χ4n) is 2.23. The molecule has 0 aliphatic carbocycles. The van der Waals surface area contributed by atoms with Crippen LogP contribution in [-0.2, 0) is 12.8 Å². The first-order valence-corrected chi connectivity index (χ1v) is 6.08. The van der Waals surface area contributed by atoms with Crippen molar-refractivity contribution in [3.05, 3.63) is 34.9 Å². The van der Waals surface area contributed by atoms with Crippen molar-refractivity contribution in [2.75, 3.05) is 13.1 Å². The third-order valence-electron chi connectivity index (χ3n) is 3.32. The van der Waals surface area contributed by atoms with E-state index in [4.69, 9.17) is 0 Å². The summed E-state index contributed by atoms with van der Waals surface area (Å²) >= 11 is 0. The molecule has 2 heteroatoms. The van der Waals surface area contributed by atoms with Crippen LogP contribution >= 0.6 is 0 Å². The Kier molecular flexibility index (Phi) is 3.47. The number of aryl methyl sites for hydroxylation is 2. The van der Waals surface area contributed by atoms with Gasteiger partial charge in [0.05, 0.1) is 0 Å². The second-order valence-corrected chi connectivity index (χ2v) is 4.74. The van der Waals surface area contributed by atoms with Crippen LogP contribution in [0, 0.1) is 12.8 Å². The first kappa shape index (κ1) is 10.8. The van der Waals surface area contributed by atoms with E-state index in [-0.39, 0.29) is 0 Å². The van der Waals surface area contributed by atoms with Crippen molar-refractivity contribution in [1.82, 2.24) is 5.32 Å². The van der Waals surface area contributed by atoms with Crippen LogP contribution in [0.5, 0.6) is 0 Å². The summed E-state index contributed by atoms with van der Waals surface area (Å²) in [7, 11) is 2.24.